The lowest BCUT2D eigenvalue weighted by Crippen LogP contribution is -2.72. The van der Waals surface area contributed by atoms with E-state index < -0.39 is 193 Å². The number of hydrogen-bond acceptors (Lipinski definition) is 22. The number of aliphatic carboxylic acids is 1. The van der Waals surface area contributed by atoms with Gasteiger partial charge in [-0.05, 0) is 92.8 Å². The van der Waals surface area contributed by atoms with Crippen molar-refractivity contribution in [3.63, 3.8) is 0 Å². The fourth-order valence-corrected chi connectivity index (χ4v) is 16.0. The molecule has 0 bridgehead atoms. The molecule has 8 aliphatic rings. The van der Waals surface area contributed by atoms with E-state index in [0.717, 1.165) is 5.57 Å². The van der Waals surface area contributed by atoms with Crippen molar-refractivity contribution < 1.29 is 114 Å². The predicted octanol–water partition coefficient (Wildman–Crippen LogP) is -0.682. The summed E-state index contributed by atoms with van der Waals surface area (Å²) in [6.45, 7) is 14.6. The van der Waals surface area contributed by atoms with E-state index >= 15 is 0 Å². The third-order valence-corrected chi connectivity index (χ3v) is 20.7. The van der Waals surface area contributed by atoms with Gasteiger partial charge in [-0.2, -0.15) is 0 Å². The predicted molar refractivity (Wildman–Crippen MR) is 263 cm³/mol. The molecule has 438 valence electrons. The van der Waals surface area contributed by atoms with Crippen LogP contribution in [0.25, 0.3) is 0 Å². The Balaban J connectivity index is 1.11. The van der Waals surface area contributed by atoms with E-state index in [4.69, 9.17) is 37.9 Å². The highest BCUT2D eigenvalue weighted by molar-refractivity contribution is 5.87. The van der Waals surface area contributed by atoms with E-state index in [-0.39, 0.29) is 24.7 Å². The van der Waals surface area contributed by atoms with Crippen molar-refractivity contribution in [2.24, 2.45) is 50.2 Å². The van der Waals surface area contributed by atoms with Gasteiger partial charge in [-0.15, -0.1) is 0 Å². The number of fused-ring (bicyclic) bond motifs is 7. The lowest BCUT2D eigenvalue weighted by atomic mass is 9.33. The number of esters is 2. The highest BCUT2D eigenvalue weighted by atomic mass is 16.8. The third kappa shape index (κ3) is 9.64. The van der Waals surface area contributed by atoms with E-state index in [1.54, 1.807) is 19.9 Å². The van der Waals surface area contributed by atoms with Gasteiger partial charge < -0.3 is 99.2 Å². The van der Waals surface area contributed by atoms with Crippen molar-refractivity contribution in [2.45, 2.75) is 218 Å². The number of allylic oxidation sites excluding steroid dienone is 3. The van der Waals surface area contributed by atoms with Crippen molar-refractivity contribution in [1.82, 2.24) is 0 Å². The second kappa shape index (κ2) is 21.8. The van der Waals surface area contributed by atoms with E-state index in [1.807, 2.05) is 20.8 Å². The van der Waals surface area contributed by atoms with Gasteiger partial charge in [0.2, 0.25) is 0 Å². The monoisotopic (exact) mass is 1100 g/mol. The molecular weight excluding hydrogens is 1020 g/mol. The molecule has 0 aromatic carbocycles. The van der Waals surface area contributed by atoms with Crippen LogP contribution >= 0.6 is 0 Å². The standard InChI is InChI=1S/C54H84O23/c1-10-23(2)45(69)77-42-43(71-24(3)58)54(22-57)26(17-49(42,4)5)25-11-12-30-50(6)15-14-32(51(7,21-56)29(50)13-16-52(30,8)53(25,9)18-31(54)60)73-48-40(75-46-36(64)33(61)27(59)20-70-46)38(66)39(41(76-48)44(67)68)74-47-37(65)35(63)34(62)28(19-55)72-47/h10-11,26-43,46-48,55-57,59-66H,12-22H2,1-9H3,(H,67,68)/b23-10+/t26?,27-,28-,29?,30?,31-,32+,33+,34-,35+,36-,37-,38+,39+,40-,41+,42+,43+,46+,47+,48-,50+,51-,52-,53-,54+/m1/s1. The van der Waals surface area contributed by atoms with Crippen molar-refractivity contribution in [3.05, 3.63) is 23.3 Å². The fraction of sp³-hybridized carbons (Fsp3) is 0.870. The summed E-state index contributed by atoms with van der Waals surface area (Å²) in [6.07, 6.45) is -23.5. The molecule has 3 saturated heterocycles. The summed E-state index contributed by atoms with van der Waals surface area (Å²) < 4.78 is 48.0. The quantitative estimate of drug-likeness (QED) is 0.0470. The molecule has 4 saturated carbocycles. The zero-order valence-corrected chi connectivity index (χ0v) is 45.4. The first-order chi connectivity index (χ1) is 36.0. The van der Waals surface area contributed by atoms with Crippen LogP contribution in [0.2, 0.25) is 0 Å². The number of carboxylic acids is 1. The maximum absolute atomic E-state index is 13.4. The van der Waals surface area contributed by atoms with Crippen LogP contribution in [0.5, 0.6) is 0 Å². The van der Waals surface area contributed by atoms with Crippen LogP contribution in [0.3, 0.4) is 0 Å². The summed E-state index contributed by atoms with van der Waals surface area (Å²) in [7, 11) is 0. The Morgan fingerprint density at radius 2 is 1.38 bits per heavy atom. The topological polar surface area (TPSA) is 368 Å². The molecule has 3 aliphatic heterocycles. The Morgan fingerprint density at radius 3 is 1.99 bits per heavy atom. The molecule has 8 rings (SSSR count). The molecule has 3 heterocycles. The molecule has 0 amide bonds. The van der Waals surface area contributed by atoms with Crippen LogP contribution in [0.1, 0.15) is 107 Å². The van der Waals surface area contributed by atoms with Gasteiger partial charge in [0.15, 0.2) is 25.0 Å². The van der Waals surface area contributed by atoms with Gasteiger partial charge in [0, 0.05) is 23.3 Å². The van der Waals surface area contributed by atoms with E-state index in [0.29, 0.717) is 37.7 Å². The van der Waals surface area contributed by atoms with E-state index in [2.05, 4.69) is 26.8 Å². The first kappa shape index (κ1) is 60.3. The Labute approximate surface area is 448 Å². The van der Waals surface area contributed by atoms with Gasteiger partial charge in [0.05, 0.1) is 44.1 Å². The lowest BCUT2D eigenvalue weighted by Gasteiger charge is -2.72. The average molecular weight is 1100 g/mol. The Hall–Kier alpha value is -2.79. The summed E-state index contributed by atoms with van der Waals surface area (Å²) >= 11 is 0. The van der Waals surface area contributed by atoms with Crippen LogP contribution in [0, 0.1) is 50.2 Å². The van der Waals surface area contributed by atoms with Crippen LogP contribution in [-0.2, 0) is 52.3 Å². The maximum atomic E-state index is 13.4. The van der Waals surface area contributed by atoms with Crippen LogP contribution < -0.4 is 0 Å². The molecule has 77 heavy (non-hydrogen) atoms. The fourth-order valence-electron chi connectivity index (χ4n) is 16.0. The summed E-state index contributed by atoms with van der Waals surface area (Å²) in [6, 6.07) is 0. The number of rotatable bonds is 13. The Bertz CT molecular complexity index is 2240. The second-order valence-electron chi connectivity index (χ2n) is 25.1. The van der Waals surface area contributed by atoms with Gasteiger partial charge >= 0.3 is 17.9 Å². The maximum Gasteiger partial charge on any atom is 0.335 e. The van der Waals surface area contributed by atoms with Gasteiger partial charge in [-0.25, -0.2) is 9.59 Å². The third-order valence-electron chi connectivity index (χ3n) is 20.7. The van der Waals surface area contributed by atoms with Crippen molar-refractivity contribution in [3.8, 4) is 0 Å². The summed E-state index contributed by atoms with van der Waals surface area (Å²) in [5.41, 5.74) is -3.63. The summed E-state index contributed by atoms with van der Waals surface area (Å²) in [5.74, 6) is -3.76. The minimum atomic E-state index is -2.11. The van der Waals surface area contributed by atoms with Gasteiger partial charge in [0.25, 0.3) is 0 Å². The van der Waals surface area contributed by atoms with Crippen LogP contribution in [-0.4, -0.2) is 216 Å². The van der Waals surface area contributed by atoms with Crippen LogP contribution in [0.4, 0.5) is 0 Å². The first-order valence-electron chi connectivity index (χ1n) is 27.1. The molecule has 0 spiro atoms. The van der Waals surface area contributed by atoms with Crippen molar-refractivity contribution in [1.29, 1.82) is 0 Å². The van der Waals surface area contributed by atoms with Crippen LogP contribution in [0.15, 0.2) is 23.3 Å². The molecule has 23 heteroatoms. The molecule has 5 aliphatic carbocycles. The van der Waals surface area contributed by atoms with Gasteiger partial charge in [-0.3, -0.25) is 4.79 Å². The number of carboxylic acid groups (broad SMARTS) is 1. The van der Waals surface area contributed by atoms with E-state index in [1.165, 1.54) is 6.92 Å². The molecule has 12 N–H and O–H groups in total. The Morgan fingerprint density at radius 1 is 0.714 bits per heavy atom. The van der Waals surface area contributed by atoms with Gasteiger partial charge in [0.1, 0.15) is 73.2 Å². The molecule has 26 atom stereocenters. The highest BCUT2D eigenvalue weighted by Crippen LogP contribution is 2.76. The minimum absolute atomic E-state index is 0.0613. The first-order valence-corrected chi connectivity index (χ1v) is 27.1. The highest BCUT2D eigenvalue weighted by Gasteiger charge is 2.74. The molecule has 0 aromatic heterocycles. The molecule has 7 fully saturated rings. The summed E-state index contributed by atoms with van der Waals surface area (Å²) in [4.78, 5) is 39.4. The normalized spacial score (nSPS) is 50.7. The number of aliphatic hydroxyl groups excluding tert-OH is 11. The zero-order valence-electron chi connectivity index (χ0n) is 45.4. The SMILES string of the molecule is C/C=C(\C)C(=O)O[C@H]1[C@H](OC(C)=O)[C@@]2(CO)C(CC1(C)C)C1=CCC3[C@@]4(C)CC[C@H](O[C@@H]5O[C@H](C(=O)O)[C@@H](O[C@@H]6O[C@H](CO)[C@@H](O)[C@H](O)[C@H]6O)[C@H](O)[C@H]5O[C@@H]5OC[C@@H](O)[C@H](O)[C@H]5O)[C@](C)(CO)C4CC[C@@]3(C)[C@]1(C)C[C@H]2O. The number of ether oxygens (including phenoxy) is 8. The molecule has 3 unspecified atom stereocenters. The van der Waals surface area contributed by atoms with Gasteiger partial charge in [-0.1, -0.05) is 59.3 Å². The zero-order chi connectivity index (χ0) is 56.9. The number of hydrogen-bond donors (Lipinski definition) is 12. The number of carbonyl (C=O) groups excluding carboxylic acids is 2. The molecule has 0 aromatic rings. The smallest absolute Gasteiger partial charge is 0.335 e. The van der Waals surface area contributed by atoms with Crippen molar-refractivity contribution in [2.75, 3.05) is 26.4 Å². The van der Waals surface area contributed by atoms with E-state index in [9.17, 15) is 75.7 Å². The second-order valence-corrected chi connectivity index (χ2v) is 25.1. The average Bonchev–Trinajstić information content (AvgIpc) is 3.54. The summed E-state index contributed by atoms with van der Waals surface area (Å²) in [5, 5.41) is 132. The molecule has 0 radical (unpaired) electrons. The number of aliphatic hydroxyl groups is 11. The molecular formula is C54H84O23. The van der Waals surface area contributed by atoms with Crippen molar-refractivity contribution >= 4 is 17.9 Å². The minimum Gasteiger partial charge on any atom is -0.479 e. The Kier molecular flexibility index (Phi) is 17.1. The number of carbonyl (C=O) groups is 3. The lowest BCUT2D eigenvalue weighted by molar-refractivity contribution is -0.387. The largest absolute Gasteiger partial charge is 0.479 e. The molecule has 23 nitrogen and oxygen atoms in total.